The number of hydrogen-bond donors (Lipinski definition) is 0. The van der Waals surface area contributed by atoms with Crippen LogP contribution in [0.2, 0.25) is 0 Å². The summed E-state index contributed by atoms with van der Waals surface area (Å²) in [5.74, 6) is 1.83. The Hall–Kier alpha value is -1.14. The van der Waals surface area contributed by atoms with E-state index < -0.39 is 0 Å². The number of rotatable bonds is 3. The van der Waals surface area contributed by atoms with Gasteiger partial charge in [-0.05, 0) is 44.0 Å². The van der Waals surface area contributed by atoms with Crippen molar-refractivity contribution in [3.8, 4) is 22.9 Å². The number of benzene rings is 1. The van der Waals surface area contributed by atoms with Crippen LogP contribution in [0, 0.1) is 0 Å². The van der Waals surface area contributed by atoms with Crippen LogP contribution in [-0.4, -0.2) is 24.2 Å². The summed E-state index contributed by atoms with van der Waals surface area (Å²) < 4.78 is 12.0. The Kier molecular flexibility index (Phi) is 4.19. The summed E-state index contributed by atoms with van der Waals surface area (Å²) in [6.07, 6.45) is 0. The molecule has 2 aromatic rings. The van der Waals surface area contributed by atoms with Gasteiger partial charge in [-0.2, -0.15) is 0 Å². The summed E-state index contributed by atoms with van der Waals surface area (Å²) in [6, 6.07) is 7.36. The monoisotopic (exact) mass is 372 g/mol. The minimum Gasteiger partial charge on any atom is -0.493 e. The zero-order valence-corrected chi connectivity index (χ0v) is 12.9. The topological polar surface area (TPSA) is 44.2 Å². The van der Waals surface area contributed by atoms with Crippen LogP contribution in [0.1, 0.15) is 0 Å². The normalized spacial score (nSPS) is 10.2. The maximum Gasteiger partial charge on any atom is 0.171 e. The Morgan fingerprint density at radius 3 is 2.22 bits per heavy atom. The fraction of sp³-hybridized carbons (Fsp3) is 0.167. The first-order valence-electron chi connectivity index (χ1n) is 5.07. The molecule has 2 rings (SSSR count). The Bertz CT molecular complexity index is 556. The van der Waals surface area contributed by atoms with Crippen LogP contribution in [0.4, 0.5) is 0 Å². The fourth-order valence-corrected chi connectivity index (χ4v) is 2.65. The second-order valence-electron chi connectivity index (χ2n) is 3.38. The molecule has 1 aromatic carbocycles. The average Bonchev–Trinajstić information content (AvgIpc) is 2.36. The van der Waals surface area contributed by atoms with Crippen molar-refractivity contribution < 1.29 is 9.47 Å². The fourth-order valence-electron chi connectivity index (χ4n) is 1.57. The molecule has 18 heavy (non-hydrogen) atoms. The number of aromatic nitrogens is 2. The van der Waals surface area contributed by atoms with Gasteiger partial charge in [0.25, 0.3) is 0 Å². The summed E-state index contributed by atoms with van der Waals surface area (Å²) in [6.45, 7) is 0. The molecule has 1 aromatic heterocycles. The number of halogens is 2. The van der Waals surface area contributed by atoms with Gasteiger partial charge >= 0.3 is 0 Å². The van der Waals surface area contributed by atoms with Crippen molar-refractivity contribution in [3.05, 3.63) is 33.5 Å². The zero-order chi connectivity index (χ0) is 13.1. The molecule has 0 amide bonds. The molecular weight excluding hydrogens is 364 g/mol. The lowest BCUT2D eigenvalue weighted by atomic mass is 10.1. The van der Waals surface area contributed by atoms with Gasteiger partial charge < -0.3 is 9.47 Å². The molecule has 0 saturated heterocycles. The lowest BCUT2D eigenvalue weighted by Crippen LogP contribution is -1.96. The predicted octanol–water partition coefficient (Wildman–Crippen LogP) is 3.69. The summed E-state index contributed by atoms with van der Waals surface area (Å²) in [5, 5.41) is 0. The summed E-state index contributed by atoms with van der Waals surface area (Å²) in [4.78, 5) is 8.66. The molecule has 0 atom stereocenters. The smallest absolute Gasteiger partial charge is 0.171 e. The zero-order valence-electron chi connectivity index (χ0n) is 9.78. The third-order valence-corrected chi connectivity index (χ3v) is 3.12. The van der Waals surface area contributed by atoms with Crippen LogP contribution >= 0.6 is 31.9 Å². The Balaban J connectivity index is 2.63. The molecule has 0 unspecified atom stereocenters. The molecule has 0 aliphatic heterocycles. The van der Waals surface area contributed by atoms with Gasteiger partial charge in [0.15, 0.2) is 17.3 Å². The second-order valence-corrected chi connectivity index (χ2v) is 5.00. The Morgan fingerprint density at radius 1 is 1.00 bits per heavy atom. The van der Waals surface area contributed by atoms with Crippen molar-refractivity contribution >= 4 is 31.9 Å². The third-order valence-electron chi connectivity index (χ3n) is 2.31. The maximum absolute atomic E-state index is 5.37. The first kappa shape index (κ1) is 13.3. The quantitative estimate of drug-likeness (QED) is 0.769. The van der Waals surface area contributed by atoms with Gasteiger partial charge in [0.1, 0.15) is 9.21 Å². The molecule has 94 valence electrons. The first-order valence-corrected chi connectivity index (χ1v) is 6.65. The highest BCUT2D eigenvalue weighted by Gasteiger charge is 2.14. The third kappa shape index (κ3) is 2.64. The molecule has 0 saturated carbocycles. The van der Waals surface area contributed by atoms with E-state index >= 15 is 0 Å². The summed E-state index contributed by atoms with van der Waals surface area (Å²) in [5.41, 5.74) is 0.777. The largest absolute Gasteiger partial charge is 0.493 e. The maximum atomic E-state index is 5.37. The van der Waals surface area contributed by atoms with E-state index in [-0.39, 0.29) is 0 Å². The molecule has 6 heteroatoms. The first-order chi connectivity index (χ1) is 8.65. The minimum absolute atomic E-state index is 0.562. The van der Waals surface area contributed by atoms with Crippen molar-refractivity contribution in [1.82, 2.24) is 9.97 Å². The summed E-state index contributed by atoms with van der Waals surface area (Å²) in [7, 11) is 3.19. The van der Waals surface area contributed by atoms with E-state index in [4.69, 9.17) is 9.47 Å². The lowest BCUT2D eigenvalue weighted by Gasteiger charge is -2.11. The van der Waals surface area contributed by atoms with Crippen LogP contribution in [0.25, 0.3) is 11.4 Å². The molecule has 0 radical (unpaired) electrons. The Labute approximate surface area is 122 Å². The van der Waals surface area contributed by atoms with Crippen molar-refractivity contribution in [2.75, 3.05) is 14.2 Å². The molecule has 1 heterocycles. The van der Waals surface area contributed by atoms with Gasteiger partial charge in [0, 0.05) is 6.07 Å². The SMILES string of the molecule is COc1cccc(-c2nc(Br)cc(Br)n2)c1OC. The highest BCUT2D eigenvalue weighted by Crippen LogP contribution is 2.36. The number of nitrogens with zero attached hydrogens (tertiary/aromatic N) is 2. The molecule has 0 aliphatic carbocycles. The molecule has 0 fully saturated rings. The van der Waals surface area contributed by atoms with E-state index in [1.807, 2.05) is 18.2 Å². The van der Waals surface area contributed by atoms with Gasteiger partial charge in [0.2, 0.25) is 0 Å². The van der Waals surface area contributed by atoms with E-state index in [2.05, 4.69) is 41.8 Å². The van der Waals surface area contributed by atoms with Crippen molar-refractivity contribution in [1.29, 1.82) is 0 Å². The van der Waals surface area contributed by atoms with Crippen molar-refractivity contribution in [2.24, 2.45) is 0 Å². The van der Waals surface area contributed by atoms with Crippen LogP contribution in [0.5, 0.6) is 11.5 Å². The Morgan fingerprint density at radius 2 is 1.67 bits per heavy atom. The summed E-state index contributed by atoms with van der Waals surface area (Å²) >= 11 is 6.68. The van der Waals surface area contributed by atoms with E-state index in [0.717, 1.165) is 5.56 Å². The molecular formula is C12H10Br2N2O2. The number of methoxy groups -OCH3 is 2. The van der Waals surface area contributed by atoms with Gasteiger partial charge in [-0.3, -0.25) is 0 Å². The number of hydrogen-bond acceptors (Lipinski definition) is 4. The van der Waals surface area contributed by atoms with E-state index in [1.165, 1.54) is 0 Å². The molecule has 0 aliphatic rings. The molecule has 0 bridgehead atoms. The minimum atomic E-state index is 0.562. The van der Waals surface area contributed by atoms with Gasteiger partial charge in [-0.25, -0.2) is 9.97 Å². The van der Waals surface area contributed by atoms with E-state index in [0.29, 0.717) is 26.5 Å². The van der Waals surface area contributed by atoms with Gasteiger partial charge in [-0.1, -0.05) is 6.07 Å². The van der Waals surface area contributed by atoms with Gasteiger partial charge in [-0.15, -0.1) is 0 Å². The highest BCUT2D eigenvalue weighted by molar-refractivity contribution is 9.11. The van der Waals surface area contributed by atoms with Gasteiger partial charge in [0.05, 0.1) is 19.8 Å². The molecule has 0 spiro atoms. The van der Waals surface area contributed by atoms with E-state index in [1.54, 1.807) is 20.3 Å². The van der Waals surface area contributed by atoms with Crippen LogP contribution in [-0.2, 0) is 0 Å². The predicted molar refractivity (Wildman–Crippen MR) is 76.0 cm³/mol. The molecule has 4 nitrogen and oxygen atoms in total. The van der Waals surface area contributed by atoms with E-state index in [9.17, 15) is 0 Å². The van der Waals surface area contributed by atoms with Crippen LogP contribution in [0.3, 0.4) is 0 Å². The lowest BCUT2D eigenvalue weighted by molar-refractivity contribution is 0.356. The van der Waals surface area contributed by atoms with Crippen LogP contribution < -0.4 is 9.47 Å². The average molecular weight is 374 g/mol. The standard InChI is InChI=1S/C12H10Br2N2O2/c1-17-8-5-3-4-7(11(8)18-2)12-15-9(13)6-10(14)16-12/h3-6H,1-2H3. The van der Waals surface area contributed by atoms with Crippen LogP contribution in [0.15, 0.2) is 33.5 Å². The second kappa shape index (κ2) is 5.67. The van der Waals surface area contributed by atoms with Crippen molar-refractivity contribution in [3.63, 3.8) is 0 Å². The number of ether oxygens (including phenoxy) is 2. The highest BCUT2D eigenvalue weighted by atomic mass is 79.9. The van der Waals surface area contributed by atoms with Crippen molar-refractivity contribution in [2.45, 2.75) is 0 Å². The molecule has 0 N–H and O–H groups in total. The number of para-hydroxylation sites is 1.